The van der Waals surface area contributed by atoms with Gasteiger partial charge in [-0.1, -0.05) is 48.5 Å². The van der Waals surface area contributed by atoms with Gasteiger partial charge in [-0.05, 0) is 60.6 Å². The van der Waals surface area contributed by atoms with Gasteiger partial charge in [0.1, 0.15) is 5.69 Å². The van der Waals surface area contributed by atoms with Crippen LogP contribution in [-0.2, 0) is 6.18 Å². The summed E-state index contributed by atoms with van der Waals surface area (Å²) in [7, 11) is 0. The number of pyridine rings is 1. The molecule has 0 amide bonds. The second kappa shape index (κ2) is 7.77. The maximum Gasteiger partial charge on any atom is 0.418 e. The van der Waals surface area contributed by atoms with E-state index in [-0.39, 0.29) is 33.6 Å². The summed E-state index contributed by atoms with van der Waals surface area (Å²) in [4.78, 5) is 16.8. The van der Waals surface area contributed by atoms with E-state index in [0.717, 1.165) is 6.07 Å². The second-order valence-electron chi connectivity index (χ2n) is 7.93. The number of rotatable bonds is 6. The fourth-order valence-corrected chi connectivity index (χ4v) is 3.74. The summed E-state index contributed by atoms with van der Waals surface area (Å²) in [5.41, 5.74) is -1.15. The predicted octanol–water partition coefficient (Wildman–Crippen LogP) is 6.62. The number of hydrogen-bond donors (Lipinski definition) is 1. The first-order chi connectivity index (χ1) is 14.6. The quantitative estimate of drug-likeness (QED) is 0.342. The van der Waals surface area contributed by atoms with Gasteiger partial charge in [0.15, 0.2) is 0 Å². The fourth-order valence-electron chi connectivity index (χ4n) is 3.49. The lowest BCUT2D eigenvalue weighted by Gasteiger charge is -2.15. The Labute approximate surface area is 182 Å². The molecule has 0 radical (unpaired) electrons. The SMILES string of the molecule is C=C(CCC1(O)CC1)C(=O)c1cc(Cl)c2cc(-c3ccccc3)cc(C(F)(F)F)c2n1. The average Bonchev–Trinajstić information content (AvgIpc) is 3.48. The molecule has 31 heavy (non-hydrogen) atoms. The molecule has 0 aliphatic heterocycles. The number of carbonyl (C=O) groups excluding carboxylic acids is 1. The number of aromatic nitrogens is 1. The van der Waals surface area contributed by atoms with Gasteiger partial charge in [-0.25, -0.2) is 4.98 Å². The molecule has 3 nitrogen and oxygen atoms in total. The van der Waals surface area contributed by atoms with Crippen molar-refractivity contribution < 1.29 is 23.1 Å². The number of nitrogens with zero attached hydrogens (tertiary/aromatic N) is 1. The smallest absolute Gasteiger partial charge is 0.390 e. The predicted molar refractivity (Wildman–Crippen MR) is 114 cm³/mol. The number of alkyl halides is 3. The first kappa shape index (κ1) is 21.5. The van der Waals surface area contributed by atoms with E-state index in [1.807, 2.05) is 0 Å². The van der Waals surface area contributed by atoms with Crippen LogP contribution in [0.5, 0.6) is 0 Å². The molecule has 0 spiro atoms. The summed E-state index contributed by atoms with van der Waals surface area (Å²) < 4.78 is 41.6. The summed E-state index contributed by atoms with van der Waals surface area (Å²) in [6, 6.07) is 12.5. The number of carbonyl (C=O) groups is 1. The third-order valence-electron chi connectivity index (χ3n) is 5.55. The van der Waals surface area contributed by atoms with Gasteiger partial charge >= 0.3 is 6.18 Å². The summed E-state index contributed by atoms with van der Waals surface area (Å²) in [6.07, 6.45) is -2.72. The molecule has 160 valence electrons. The molecule has 3 aromatic rings. The topological polar surface area (TPSA) is 50.2 Å². The van der Waals surface area contributed by atoms with Gasteiger partial charge in [0.25, 0.3) is 0 Å². The highest BCUT2D eigenvalue weighted by molar-refractivity contribution is 6.36. The molecule has 0 bridgehead atoms. The molecular formula is C24H19ClF3NO2. The summed E-state index contributed by atoms with van der Waals surface area (Å²) >= 11 is 6.32. The lowest BCUT2D eigenvalue weighted by Crippen LogP contribution is -2.12. The molecule has 1 heterocycles. The van der Waals surface area contributed by atoms with Gasteiger partial charge in [0.2, 0.25) is 5.78 Å². The number of ketones is 1. The Morgan fingerprint density at radius 2 is 1.81 bits per heavy atom. The molecule has 0 unspecified atom stereocenters. The third-order valence-corrected chi connectivity index (χ3v) is 5.86. The van der Waals surface area contributed by atoms with Crippen molar-refractivity contribution in [2.45, 2.75) is 37.5 Å². The van der Waals surface area contributed by atoms with Crippen LogP contribution in [0.3, 0.4) is 0 Å². The zero-order chi connectivity index (χ0) is 22.4. The van der Waals surface area contributed by atoms with E-state index in [4.69, 9.17) is 11.6 Å². The molecule has 1 saturated carbocycles. The zero-order valence-electron chi connectivity index (χ0n) is 16.5. The van der Waals surface area contributed by atoms with Crippen LogP contribution in [0.2, 0.25) is 5.02 Å². The van der Waals surface area contributed by atoms with Crippen molar-refractivity contribution in [3.05, 3.63) is 77.0 Å². The lowest BCUT2D eigenvalue weighted by atomic mass is 9.97. The molecular weight excluding hydrogens is 427 g/mol. The normalized spacial score (nSPS) is 15.1. The molecule has 1 fully saturated rings. The monoisotopic (exact) mass is 445 g/mol. The summed E-state index contributed by atoms with van der Waals surface area (Å²) in [5.74, 6) is -0.576. The molecule has 7 heteroatoms. The molecule has 2 aromatic carbocycles. The van der Waals surface area contributed by atoms with Crippen LogP contribution < -0.4 is 0 Å². The largest absolute Gasteiger partial charge is 0.418 e. The number of Topliss-reactive ketones (excluding diaryl/α,β-unsaturated/α-hetero) is 1. The number of allylic oxidation sites excluding steroid dienone is 1. The highest BCUT2D eigenvalue weighted by Gasteiger charge is 2.40. The van der Waals surface area contributed by atoms with E-state index in [9.17, 15) is 23.1 Å². The van der Waals surface area contributed by atoms with E-state index in [2.05, 4.69) is 11.6 Å². The fraction of sp³-hybridized carbons (Fsp3) is 0.250. The zero-order valence-corrected chi connectivity index (χ0v) is 17.2. The van der Waals surface area contributed by atoms with Crippen molar-refractivity contribution in [2.75, 3.05) is 0 Å². The highest BCUT2D eigenvalue weighted by Crippen LogP contribution is 2.41. The Morgan fingerprint density at radius 3 is 2.42 bits per heavy atom. The van der Waals surface area contributed by atoms with E-state index < -0.39 is 23.1 Å². The van der Waals surface area contributed by atoms with Crippen LogP contribution in [0.1, 0.15) is 41.7 Å². The van der Waals surface area contributed by atoms with Crippen molar-refractivity contribution >= 4 is 28.3 Å². The molecule has 1 N–H and O–H groups in total. The molecule has 1 aliphatic rings. The van der Waals surface area contributed by atoms with Crippen LogP contribution >= 0.6 is 11.6 Å². The van der Waals surface area contributed by atoms with Gasteiger partial charge in [-0.2, -0.15) is 13.2 Å². The average molecular weight is 446 g/mol. The van der Waals surface area contributed by atoms with E-state index in [1.54, 1.807) is 36.4 Å². The van der Waals surface area contributed by atoms with E-state index in [0.29, 0.717) is 30.4 Å². The Bertz CT molecular complexity index is 1180. The third kappa shape index (κ3) is 4.50. The van der Waals surface area contributed by atoms with Gasteiger partial charge in [0.05, 0.1) is 21.7 Å². The molecule has 1 aliphatic carbocycles. The minimum absolute atomic E-state index is 0.00486. The van der Waals surface area contributed by atoms with Gasteiger partial charge in [0, 0.05) is 5.39 Å². The van der Waals surface area contributed by atoms with Crippen LogP contribution in [0.15, 0.2) is 60.7 Å². The lowest BCUT2D eigenvalue weighted by molar-refractivity contribution is -0.136. The molecule has 0 saturated heterocycles. The van der Waals surface area contributed by atoms with Crippen LogP contribution in [0.4, 0.5) is 13.2 Å². The Balaban J connectivity index is 1.78. The van der Waals surface area contributed by atoms with Gasteiger partial charge in [-0.15, -0.1) is 0 Å². The van der Waals surface area contributed by atoms with E-state index >= 15 is 0 Å². The van der Waals surface area contributed by atoms with Crippen molar-refractivity contribution in [1.82, 2.24) is 4.98 Å². The van der Waals surface area contributed by atoms with Crippen molar-refractivity contribution in [1.29, 1.82) is 0 Å². The molecule has 0 atom stereocenters. The number of hydrogen-bond acceptors (Lipinski definition) is 3. The summed E-state index contributed by atoms with van der Waals surface area (Å²) in [6.45, 7) is 3.73. The standard InChI is InChI=1S/C24H19ClF3NO2/c1-14(7-8-23(31)9-10-23)22(30)20-13-19(25)17-11-16(15-5-3-2-4-6-15)12-18(21(17)29-20)24(26,27)28/h2-6,11-13,31H,1,7-10H2. The summed E-state index contributed by atoms with van der Waals surface area (Å²) in [5, 5.41) is 10.1. The first-order valence-electron chi connectivity index (χ1n) is 9.79. The number of aliphatic hydroxyl groups is 1. The minimum atomic E-state index is -4.69. The Morgan fingerprint density at radius 1 is 1.13 bits per heavy atom. The Hall–Kier alpha value is -2.70. The molecule has 1 aromatic heterocycles. The van der Waals surface area contributed by atoms with Crippen LogP contribution in [-0.4, -0.2) is 21.5 Å². The van der Waals surface area contributed by atoms with Gasteiger partial charge in [-0.3, -0.25) is 4.79 Å². The number of fused-ring (bicyclic) bond motifs is 1. The maximum absolute atomic E-state index is 13.9. The second-order valence-corrected chi connectivity index (χ2v) is 8.34. The number of halogens is 4. The van der Waals surface area contributed by atoms with E-state index in [1.165, 1.54) is 6.07 Å². The van der Waals surface area contributed by atoms with Crippen LogP contribution in [0, 0.1) is 0 Å². The van der Waals surface area contributed by atoms with Gasteiger partial charge < -0.3 is 5.11 Å². The first-order valence-corrected chi connectivity index (χ1v) is 10.2. The molecule has 4 rings (SSSR count). The van der Waals surface area contributed by atoms with Crippen molar-refractivity contribution in [3.8, 4) is 11.1 Å². The number of benzene rings is 2. The van der Waals surface area contributed by atoms with Crippen molar-refractivity contribution in [2.24, 2.45) is 0 Å². The highest BCUT2D eigenvalue weighted by atomic mass is 35.5. The van der Waals surface area contributed by atoms with Crippen molar-refractivity contribution in [3.63, 3.8) is 0 Å². The maximum atomic E-state index is 13.9. The minimum Gasteiger partial charge on any atom is -0.390 e. The van der Waals surface area contributed by atoms with Crippen LogP contribution in [0.25, 0.3) is 22.0 Å². The Kier molecular flexibility index (Phi) is 5.40.